The maximum atomic E-state index is 12.6. The Morgan fingerprint density at radius 1 is 1.04 bits per heavy atom. The summed E-state index contributed by atoms with van der Waals surface area (Å²) in [4.78, 5) is 24.6. The van der Waals surface area contributed by atoms with Gasteiger partial charge in [0.2, 0.25) is 0 Å². The number of fused-ring (bicyclic) bond motifs is 1. The van der Waals surface area contributed by atoms with Crippen LogP contribution < -0.4 is 15.7 Å². The molecule has 1 atom stereocenters. The van der Waals surface area contributed by atoms with Crippen LogP contribution in [0.15, 0.2) is 47.3 Å². The van der Waals surface area contributed by atoms with Gasteiger partial charge in [-0.05, 0) is 48.2 Å². The van der Waals surface area contributed by atoms with E-state index in [0.29, 0.717) is 11.4 Å². The molecule has 2 aromatic carbocycles. The van der Waals surface area contributed by atoms with Crippen molar-refractivity contribution in [2.75, 3.05) is 5.32 Å². The molecule has 3 aromatic rings. The van der Waals surface area contributed by atoms with Gasteiger partial charge in [0.25, 0.3) is 5.91 Å². The Bertz CT molecular complexity index is 1090. The van der Waals surface area contributed by atoms with Crippen LogP contribution >= 0.6 is 0 Å². The van der Waals surface area contributed by atoms with Crippen LogP contribution in [0.2, 0.25) is 0 Å². The first-order valence-electron chi connectivity index (χ1n) is 9.31. The van der Waals surface area contributed by atoms with Crippen LogP contribution in [0.4, 0.5) is 5.69 Å². The number of amides is 1. The van der Waals surface area contributed by atoms with Crippen molar-refractivity contribution in [2.24, 2.45) is 14.1 Å². The number of hydrogen-bond donors (Lipinski definition) is 1. The molecule has 1 unspecified atom stereocenters. The highest BCUT2D eigenvalue weighted by Crippen LogP contribution is 2.26. The summed E-state index contributed by atoms with van der Waals surface area (Å²) in [6, 6.07) is 13.2. The average molecular weight is 381 g/mol. The van der Waals surface area contributed by atoms with Crippen LogP contribution in [0.3, 0.4) is 0 Å². The zero-order chi connectivity index (χ0) is 20.6. The third-order valence-corrected chi connectivity index (χ3v) is 4.92. The number of hydrogen-bond acceptors (Lipinski definition) is 3. The molecule has 1 heterocycles. The molecule has 3 rings (SSSR count). The zero-order valence-corrected chi connectivity index (χ0v) is 17.2. The fourth-order valence-corrected chi connectivity index (χ4v) is 3.12. The Balaban J connectivity index is 1.75. The van der Waals surface area contributed by atoms with Crippen LogP contribution in [0, 0.1) is 0 Å². The lowest BCUT2D eigenvalue weighted by atomic mass is 9.87. The number of ether oxygens (including phenoxy) is 1. The van der Waals surface area contributed by atoms with Crippen molar-refractivity contribution < 1.29 is 9.53 Å². The van der Waals surface area contributed by atoms with Gasteiger partial charge in [0.15, 0.2) is 6.10 Å². The quantitative estimate of drug-likeness (QED) is 0.751. The fourth-order valence-electron chi connectivity index (χ4n) is 3.12. The molecule has 0 bridgehead atoms. The number of imidazole rings is 1. The number of carbonyl (C=O) groups is 1. The van der Waals surface area contributed by atoms with Crippen LogP contribution in [-0.2, 0) is 24.3 Å². The third kappa shape index (κ3) is 3.81. The van der Waals surface area contributed by atoms with Crippen LogP contribution in [0.1, 0.15) is 33.3 Å². The predicted molar refractivity (Wildman–Crippen MR) is 112 cm³/mol. The molecule has 0 fully saturated rings. The topological polar surface area (TPSA) is 65.3 Å². The lowest BCUT2D eigenvalue weighted by Crippen LogP contribution is -2.30. The lowest BCUT2D eigenvalue weighted by Gasteiger charge is -2.21. The summed E-state index contributed by atoms with van der Waals surface area (Å²) < 4.78 is 8.98. The summed E-state index contributed by atoms with van der Waals surface area (Å²) in [5.74, 6) is 0.414. The molecule has 6 nitrogen and oxygen atoms in total. The van der Waals surface area contributed by atoms with Crippen molar-refractivity contribution >= 4 is 22.6 Å². The minimum Gasteiger partial charge on any atom is -0.481 e. The number of benzene rings is 2. The van der Waals surface area contributed by atoms with E-state index in [4.69, 9.17) is 4.74 Å². The van der Waals surface area contributed by atoms with E-state index < -0.39 is 6.10 Å². The monoisotopic (exact) mass is 381 g/mol. The van der Waals surface area contributed by atoms with Gasteiger partial charge >= 0.3 is 5.69 Å². The molecular formula is C22H27N3O3. The van der Waals surface area contributed by atoms with E-state index in [1.54, 1.807) is 42.3 Å². The standard InChI is InChI=1S/C22H27N3O3/c1-14(28-17-9-7-8-15(12-17)22(2,3)4)20(26)23-16-10-11-18-19(13-16)25(6)21(27)24(18)5/h7-14H,1-6H3,(H,23,26). The van der Waals surface area contributed by atoms with E-state index in [1.165, 1.54) is 0 Å². The van der Waals surface area contributed by atoms with Crippen molar-refractivity contribution in [3.05, 3.63) is 58.5 Å². The SMILES string of the molecule is CC(Oc1cccc(C(C)(C)C)c1)C(=O)Nc1ccc2c(c1)n(C)c(=O)n2C. The highest BCUT2D eigenvalue weighted by Gasteiger charge is 2.18. The van der Waals surface area contributed by atoms with Crippen molar-refractivity contribution in [3.63, 3.8) is 0 Å². The Morgan fingerprint density at radius 2 is 1.71 bits per heavy atom. The number of nitrogens with zero attached hydrogens (tertiary/aromatic N) is 2. The molecule has 0 aliphatic heterocycles. The molecule has 0 saturated carbocycles. The van der Waals surface area contributed by atoms with Crippen molar-refractivity contribution in [3.8, 4) is 5.75 Å². The first-order valence-corrected chi connectivity index (χ1v) is 9.31. The van der Waals surface area contributed by atoms with Crippen LogP contribution in [0.5, 0.6) is 5.75 Å². The fraction of sp³-hybridized carbons (Fsp3) is 0.364. The molecule has 0 radical (unpaired) electrons. The Kier molecular flexibility index (Phi) is 5.06. The average Bonchev–Trinajstić information content (AvgIpc) is 2.85. The van der Waals surface area contributed by atoms with Gasteiger partial charge < -0.3 is 10.1 Å². The molecule has 1 aromatic heterocycles. The minimum atomic E-state index is -0.662. The molecule has 0 aliphatic carbocycles. The number of anilines is 1. The van der Waals surface area contributed by atoms with Gasteiger partial charge in [0.05, 0.1) is 11.0 Å². The minimum absolute atomic E-state index is 0.00586. The molecular weight excluding hydrogens is 354 g/mol. The van der Waals surface area contributed by atoms with Gasteiger partial charge in [-0.25, -0.2) is 4.79 Å². The maximum Gasteiger partial charge on any atom is 0.328 e. The third-order valence-electron chi connectivity index (χ3n) is 4.92. The van der Waals surface area contributed by atoms with Gasteiger partial charge in [-0.2, -0.15) is 0 Å². The number of rotatable bonds is 4. The van der Waals surface area contributed by atoms with Crippen LogP contribution in [0.25, 0.3) is 11.0 Å². The number of aromatic nitrogens is 2. The Hall–Kier alpha value is -3.02. The Morgan fingerprint density at radius 3 is 2.39 bits per heavy atom. The van der Waals surface area contributed by atoms with E-state index in [1.807, 2.05) is 24.3 Å². The summed E-state index contributed by atoms with van der Waals surface area (Å²) in [7, 11) is 3.44. The zero-order valence-electron chi connectivity index (χ0n) is 17.2. The smallest absolute Gasteiger partial charge is 0.328 e. The molecule has 0 aliphatic rings. The lowest BCUT2D eigenvalue weighted by molar-refractivity contribution is -0.122. The summed E-state index contributed by atoms with van der Waals surface area (Å²) >= 11 is 0. The molecule has 28 heavy (non-hydrogen) atoms. The molecule has 1 amide bonds. The molecule has 1 N–H and O–H groups in total. The van der Waals surface area contributed by atoms with Crippen molar-refractivity contribution in [1.82, 2.24) is 9.13 Å². The molecule has 0 spiro atoms. The second-order valence-electron chi connectivity index (χ2n) is 8.13. The van der Waals surface area contributed by atoms with E-state index in [9.17, 15) is 9.59 Å². The second-order valence-corrected chi connectivity index (χ2v) is 8.13. The first-order chi connectivity index (χ1) is 13.1. The molecule has 148 valence electrons. The summed E-state index contributed by atoms with van der Waals surface area (Å²) in [6.45, 7) is 8.12. The van der Waals surface area contributed by atoms with Crippen molar-refractivity contribution in [1.29, 1.82) is 0 Å². The van der Waals surface area contributed by atoms with E-state index in [2.05, 4.69) is 32.2 Å². The molecule has 0 saturated heterocycles. The number of nitrogens with one attached hydrogen (secondary N) is 1. The van der Waals surface area contributed by atoms with Gasteiger partial charge in [0.1, 0.15) is 5.75 Å². The summed E-state index contributed by atoms with van der Waals surface area (Å²) in [6.07, 6.45) is -0.662. The van der Waals surface area contributed by atoms with Gasteiger partial charge in [-0.3, -0.25) is 13.9 Å². The second kappa shape index (κ2) is 7.19. The van der Waals surface area contributed by atoms with E-state index >= 15 is 0 Å². The number of carbonyl (C=O) groups excluding carboxylic acids is 1. The molecule has 6 heteroatoms. The van der Waals surface area contributed by atoms with E-state index in [0.717, 1.165) is 16.6 Å². The summed E-state index contributed by atoms with van der Waals surface area (Å²) in [5, 5.41) is 2.87. The van der Waals surface area contributed by atoms with Crippen LogP contribution in [-0.4, -0.2) is 21.1 Å². The van der Waals surface area contributed by atoms with Gasteiger partial charge in [0, 0.05) is 19.8 Å². The summed E-state index contributed by atoms with van der Waals surface area (Å²) in [5.41, 5.74) is 3.25. The normalized spacial score (nSPS) is 12.8. The number of aryl methyl sites for hydroxylation is 2. The highest BCUT2D eigenvalue weighted by atomic mass is 16.5. The first kappa shape index (κ1) is 19.7. The predicted octanol–water partition coefficient (Wildman–Crippen LogP) is 3.58. The Labute approximate surface area is 164 Å². The maximum absolute atomic E-state index is 12.6. The van der Waals surface area contributed by atoms with Crippen molar-refractivity contribution in [2.45, 2.75) is 39.2 Å². The largest absolute Gasteiger partial charge is 0.481 e. The highest BCUT2D eigenvalue weighted by molar-refractivity contribution is 5.95. The van der Waals surface area contributed by atoms with Gasteiger partial charge in [-0.15, -0.1) is 0 Å². The van der Waals surface area contributed by atoms with E-state index in [-0.39, 0.29) is 17.0 Å². The van der Waals surface area contributed by atoms with Gasteiger partial charge in [-0.1, -0.05) is 32.9 Å².